The second kappa shape index (κ2) is 13.4. The van der Waals surface area contributed by atoms with Crippen molar-refractivity contribution in [2.45, 2.75) is 65.7 Å². The van der Waals surface area contributed by atoms with Crippen LogP contribution in [0.1, 0.15) is 62.6 Å². The lowest BCUT2D eigenvalue weighted by atomic mass is 9.96. The van der Waals surface area contributed by atoms with E-state index < -0.39 is 47.0 Å². The molecule has 0 spiro atoms. The molecule has 0 aliphatic carbocycles. The lowest BCUT2D eigenvalue weighted by molar-refractivity contribution is -0.116. The van der Waals surface area contributed by atoms with Crippen molar-refractivity contribution >= 4 is 23.2 Å². The van der Waals surface area contributed by atoms with Gasteiger partial charge in [-0.05, 0) is 66.6 Å². The van der Waals surface area contributed by atoms with E-state index in [1.165, 1.54) is 0 Å². The first-order valence-corrected chi connectivity index (χ1v) is 12.9. The average Bonchev–Trinajstić information content (AvgIpc) is 2.91. The second-order valence-corrected chi connectivity index (χ2v) is 9.43. The molecule has 3 aromatic rings. The van der Waals surface area contributed by atoms with Crippen molar-refractivity contribution in [2.24, 2.45) is 0 Å². The molecule has 0 saturated carbocycles. The van der Waals surface area contributed by atoms with Gasteiger partial charge in [-0.3, -0.25) is 9.59 Å². The number of carbonyl (C=O) groups is 2. The van der Waals surface area contributed by atoms with Gasteiger partial charge in [0.05, 0.1) is 6.42 Å². The largest absolute Gasteiger partial charge is 0.326 e. The highest BCUT2D eigenvalue weighted by Gasteiger charge is 2.27. The molecule has 39 heavy (non-hydrogen) atoms. The van der Waals surface area contributed by atoms with Gasteiger partial charge in [-0.1, -0.05) is 44.9 Å². The van der Waals surface area contributed by atoms with Gasteiger partial charge in [-0.15, -0.1) is 0 Å². The Hall–Kier alpha value is -3.75. The first kappa shape index (κ1) is 29.8. The van der Waals surface area contributed by atoms with Crippen molar-refractivity contribution in [2.75, 3.05) is 10.6 Å². The van der Waals surface area contributed by atoms with E-state index >= 15 is 0 Å². The van der Waals surface area contributed by atoms with Gasteiger partial charge in [0, 0.05) is 23.4 Å². The van der Waals surface area contributed by atoms with Crippen LogP contribution in [0.4, 0.5) is 33.3 Å². The monoisotopic (exact) mass is 546 g/mol. The third-order valence-electron chi connectivity index (χ3n) is 6.40. The van der Waals surface area contributed by atoms with Crippen LogP contribution in [0.25, 0.3) is 11.1 Å². The summed E-state index contributed by atoms with van der Waals surface area (Å²) < 4.78 is 68.1. The molecular formula is C30H31F5N2O2. The Morgan fingerprint density at radius 3 is 2.00 bits per heavy atom. The number of unbranched alkanes of at least 4 members (excludes halogenated alkanes) is 2. The predicted molar refractivity (Wildman–Crippen MR) is 142 cm³/mol. The van der Waals surface area contributed by atoms with Crippen LogP contribution in [0.2, 0.25) is 0 Å². The highest BCUT2D eigenvalue weighted by Crippen LogP contribution is 2.31. The molecule has 208 valence electrons. The van der Waals surface area contributed by atoms with Crippen LogP contribution < -0.4 is 10.6 Å². The van der Waals surface area contributed by atoms with Crippen molar-refractivity contribution in [3.63, 3.8) is 0 Å². The molecule has 0 aromatic heterocycles. The fourth-order valence-electron chi connectivity index (χ4n) is 4.23. The van der Waals surface area contributed by atoms with E-state index in [1.54, 1.807) is 25.1 Å². The molecule has 3 aromatic carbocycles. The van der Waals surface area contributed by atoms with Crippen LogP contribution in [-0.2, 0) is 22.4 Å². The van der Waals surface area contributed by atoms with Crippen LogP contribution in [0, 0.1) is 36.0 Å². The number of aryl methyl sites for hydroxylation is 2. The number of anilines is 2. The van der Waals surface area contributed by atoms with Crippen LogP contribution in [0.5, 0.6) is 0 Å². The molecule has 0 saturated heterocycles. The Labute approximate surface area is 224 Å². The van der Waals surface area contributed by atoms with Crippen LogP contribution >= 0.6 is 0 Å². The first-order chi connectivity index (χ1) is 18.6. The summed E-state index contributed by atoms with van der Waals surface area (Å²) in [7, 11) is 0. The van der Waals surface area contributed by atoms with Crippen LogP contribution in [0.15, 0.2) is 36.4 Å². The highest BCUT2D eigenvalue weighted by molar-refractivity contribution is 5.94. The number of hydrogen-bond donors (Lipinski definition) is 2. The lowest BCUT2D eigenvalue weighted by Crippen LogP contribution is -2.18. The number of nitrogens with one attached hydrogen (secondary N) is 2. The summed E-state index contributed by atoms with van der Waals surface area (Å²) in [5, 5.41) is 5.47. The maximum atomic E-state index is 13.9. The van der Waals surface area contributed by atoms with Gasteiger partial charge in [0.15, 0.2) is 23.3 Å². The number of halogens is 5. The quantitative estimate of drug-likeness (QED) is 0.145. The van der Waals surface area contributed by atoms with E-state index in [1.807, 2.05) is 25.1 Å². The number of carbonyl (C=O) groups excluding carboxylic acids is 2. The van der Waals surface area contributed by atoms with Gasteiger partial charge in [-0.25, -0.2) is 22.0 Å². The molecular weight excluding hydrogens is 515 g/mol. The molecule has 9 heteroatoms. The average molecular weight is 547 g/mol. The third kappa shape index (κ3) is 7.22. The molecule has 2 amide bonds. The smallest absolute Gasteiger partial charge is 0.229 e. The minimum Gasteiger partial charge on any atom is -0.326 e. The van der Waals surface area contributed by atoms with Crippen molar-refractivity contribution in [1.82, 2.24) is 0 Å². The van der Waals surface area contributed by atoms with E-state index in [0.29, 0.717) is 6.42 Å². The number of benzene rings is 3. The topological polar surface area (TPSA) is 58.2 Å². The molecule has 0 radical (unpaired) electrons. The van der Waals surface area contributed by atoms with Gasteiger partial charge < -0.3 is 10.6 Å². The molecule has 0 unspecified atom stereocenters. The Kier molecular flexibility index (Phi) is 10.2. The number of rotatable bonds is 11. The van der Waals surface area contributed by atoms with E-state index in [-0.39, 0.29) is 11.6 Å². The molecule has 0 fully saturated rings. The molecule has 0 heterocycles. The van der Waals surface area contributed by atoms with Crippen molar-refractivity contribution in [3.8, 4) is 11.1 Å². The van der Waals surface area contributed by atoms with Crippen molar-refractivity contribution < 1.29 is 31.5 Å². The summed E-state index contributed by atoms with van der Waals surface area (Å²) in [5.41, 5.74) is 3.32. The maximum absolute atomic E-state index is 13.9. The zero-order valence-corrected chi connectivity index (χ0v) is 22.1. The van der Waals surface area contributed by atoms with Gasteiger partial charge in [0.2, 0.25) is 17.6 Å². The van der Waals surface area contributed by atoms with E-state index in [2.05, 4.69) is 17.6 Å². The third-order valence-corrected chi connectivity index (χ3v) is 6.40. The Morgan fingerprint density at radius 2 is 1.38 bits per heavy atom. The molecule has 0 aliphatic rings. The SMILES string of the molecule is CCCCC(=O)Nc1cc(-c2ccc(NC(=O)Cc3c(F)c(F)c(F)c(F)c3F)cc2C)ccc1CCCC. The molecule has 0 aliphatic heterocycles. The predicted octanol–water partition coefficient (Wildman–Crippen LogP) is 8.01. The Balaban J connectivity index is 1.81. The van der Waals surface area contributed by atoms with Crippen LogP contribution in [-0.4, -0.2) is 11.8 Å². The van der Waals surface area contributed by atoms with Gasteiger partial charge in [0.1, 0.15) is 0 Å². The highest BCUT2D eigenvalue weighted by atomic mass is 19.2. The van der Waals surface area contributed by atoms with Crippen LogP contribution in [0.3, 0.4) is 0 Å². The lowest BCUT2D eigenvalue weighted by Gasteiger charge is -2.15. The second-order valence-electron chi connectivity index (χ2n) is 9.43. The molecule has 3 rings (SSSR count). The van der Waals surface area contributed by atoms with E-state index in [0.717, 1.165) is 60.0 Å². The Bertz CT molecular complexity index is 1340. The zero-order valence-electron chi connectivity index (χ0n) is 22.1. The fourth-order valence-corrected chi connectivity index (χ4v) is 4.23. The summed E-state index contributed by atoms with van der Waals surface area (Å²) in [4.78, 5) is 24.8. The fraction of sp³-hybridized carbons (Fsp3) is 0.333. The van der Waals surface area contributed by atoms with Crippen molar-refractivity contribution in [1.29, 1.82) is 0 Å². The van der Waals surface area contributed by atoms with Gasteiger partial charge >= 0.3 is 0 Å². The summed E-state index contributed by atoms with van der Waals surface area (Å²) in [6.45, 7) is 5.93. The molecule has 2 N–H and O–H groups in total. The normalized spacial score (nSPS) is 11.0. The number of hydrogen-bond acceptors (Lipinski definition) is 2. The minimum absolute atomic E-state index is 0.0460. The summed E-state index contributed by atoms with van der Waals surface area (Å²) in [6.07, 6.45) is 3.94. The van der Waals surface area contributed by atoms with E-state index in [4.69, 9.17) is 0 Å². The Morgan fingerprint density at radius 1 is 0.744 bits per heavy atom. The van der Waals surface area contributed by atoms with Crippen molar-refractivity contribution in [3.05, 3.63) is 82.2 Å². The maximum Gasteiger partial charge on any atom is 0.229 e. The molecule has 0 atom stereocenters. The zero-order chi connectivity index (χ0) is 28.7. The summed E-state index contributed by atoms with van der Waals surface area (Å²) >= 11 is 0. The van der Waals surface area contributed by atoms with Gasteiger partial charge in [0.25, 0.3) is 0 Å². The first-order valence-electron chi connectivity index (χ1n) is 12.9. The minimum atomic E-state index is -2.28. The summed E-state index contributed by atoms with van der Waals surface area (Å²) in [6, 6.07) is 10.8. The van der Waals surface area contributed by atoms with E-state index in [9.17, 15) is 31.5 Å². The van der Waals surface area contributed by atoms with Gasteiger partial charge in [-0.2, -0.15) is 0 Å². The molecule has 4 nitrogen and oxygen atoms in total. The molecule has 0 bridgehead atoms. The standard InChI is InChI=1S/C30H31F5N2O2/c1-4-6-8-18-10-11-19(15-23(18)37-24(38)9-7-5-2)21-13-12-20(14-17(21)3)36-25(39)16-22-26(31)28(33)30(35)29(34)27(22)32/h10-15H,4-9,16H2,1-3H3,(H,36,39)(H,37,38). The number of amides is 2. The summed E-state index contributed by atoms with van der Waals surface area (Å²) in [5.74, 6) is -11.5.